The highest BCUT2D eigenvalue weighted by Gasteiger charge is 2.05. The Morgan fingerprint density at radius 2 is 1.93 bits per heavy atom. The highest BCUT2D eigenvalue weighted by molar-refractivity contribution is 6.03. The van der Waals surface area contributed by atoms with Gasteiger partial charge in [-0.05, 0) is 17.3 Å². The van der Waals surface area contributed by atoms with E-state index in [-0.39, 0.29) is 5.91 Å². The lowest BCUT2D eigenvalue weighted by atomic mass is 10.2. The molecule has 0 fully saturated rings. The molecule has 0 aliphatic carbocycles. The lowest BCUT2D eigenvalue weighted by Crippen LogP contribution is -2.13. The molecule has 1 heterocycles. The van der Waals surface area contributed by atoms with E-state index in [1.165, 1.54) is 6.20 Å². The van der Waals surface area contributed by atoms with Crippen LogP contribution >= 0.6 is 0 Å². The number of rotatable bonds is 2. The number of benzene rings is 1. The van der Waals surface area contributed by atoms with Crippen molar-refractivity contribution < 1.29 is 4.79 Å². The van der Waals surface area contributed by atoms with Crippen molar-refractivity contribution in [3.8, 4) is 0 Å². The summed E-state index contributed by atoms with van der Waals surface area (Å²) >= 11 is 0. The van der Waals surface area contributed by atoms with Gasteiger partial charge in [0.15, 0.2) is 5.82 Å². The zero-order valence-electron chi connectivity index (χ0n) is 7.79. The first-order valence-electron chi connectivity index (χ1n) is 4.37. The highest BCUT2D eigenvalue weighted by atomic mass is 16.1. The van der Waals surface area contributed by atoms with Crippen LogP contribution in [-0.2, 0) is 0 Å². The van der Waals surface area contributed by atoms with Crippen LogP contribution < -0.4 is 5.32 Å². The van der Waals surface area contributed by atoms with Crippen LogP contribution in [-0.4, -0.2) is 21.3 Å². The van der Waals surface area contributed by atoms with Gasteiger partial charge in [-0.3, -0.25) is 4.79 Å². The fourth-order valence-electron chi connectivity index (χ4n) is 1.09. The third-order valence-corrected chi connectivity index (χ3v) is 1.78. The number of hydrogen-bond acceptors (Lipinski definition) is 4. The molecule has 74 valence electrons. The van der Waals surface area contributed by atoms with Gasteiger partial charge in [0.05, 0.1) is 6.20 Å². The molecule has 0 aliphatic rings. The van der Waals surface area contributed by atoms with Crippen molar-refractivity contribution >= 4 is 11.7 Å². The molecular weight excluding hydrogens is 192 g/mol. The summed E-state index contributed by atoms with van der Waals surface area (Å²) < 4.78 is 0. The fourth-order valence-corrected chi connectivity index (χ4v) is 1.09. The second kappa shape index (κ2) is 4.28. The van der Waals surface area contributed by atoms with Gasteiger partial charge in [0.1, 0.15) is 0 Å². The predicted molar refractivity (Wildman–Crippen MR) is 54.2 cm³/mol. The Hall–Kier alpha value is -2.30. The molecule has 0 radical (unpaired) electrons. The number of nitrogens with zero attached hydrogens (tertiary/aromatic N) is 3. The number of aromatic nitrogens is 3. The smallest absolute Gasteiger partial charge is 0.256 e. The lowest BCUT2D eigenvalue weighted by molar-refractivity contribution is 0.102. The van der Waals surface area contributed by atoms with Crippen LogP contribution in [0.2, 0.25) is 0 Å². The summed E-state index contributed by atoms with van der Waals surface area (Å²) in [6.45, 7) is 0. The first-order valence-corrected chi connectivity index (χ1v) is 4.37. The van der Waals surface area contributed by atoms with Crippen molar-refractivity contribution in [1.82, 2.24) is 15.4 Å². The summed E-state index contributed by atoms with van der Waals surface area (Å²) in [4.78, 5) is 11.6. The van der Waals surface area contributed by atoms with E-state index in [0.29, 0.717) is 11.4 Å². The first-order chi connectivity index (χ1) is 7.36. The molecule has 1 N–H and O–H groups in total. The van der Waals surface area contributed by atoms with Crippen LogP contribution in [0.3, 0.4) is 0 Å². The molecule has 5 nitrogen and oxygen atoms in total. The molecule has 0 spiro atoms. The average Bonchev–Trinajstić information content (AvgIpc) is 2.31. The molecule has 2 aromatic rings. The van der Waals surface area contributed by atoms with Crippen LogP contribution in [0, 0.1) is 0 Å². The van der Waals surface area contributed by atoms with Gasteiger partial charge in [-0.2, -0.15) is 0 Å². The van der Waals surface area contributed by atoms with Crippen LogP contribution in [0.1, 0.15) is 10.4 Å². The minimum Gasteiger partial charge on any atom is -0.305 e. The van der Waals surface area contributed by atoms with Crippen LogP contribution in [0.5, 0.6) is 0 Å². The number of amides is 1. The maximum atomic E-state index is 11.6. The van der Waals surface area contributed by atoms with Crippen molar-refractivity contribution in [2.45, 2.75) is 0 Å². The predicted octanol–water partition coefficient (Wildman–Crippen LogP) is 1.12. The van der Waals surface area contributed by atoms with E-state index in [0.717, 1.165) is 0 Å². The summed E-state index contributed by atoms with van der Waals surface area (Å²) in [5.74, 6) is 0.176. The average molecular weight is 200 g/mol. The normalized spacial score (nSPS) is 9.60. The Kier molecular flexibility index (Phi) is 2.64. The molecule has 0 saturated carbocycles. The molecule has 0 unspecified atom stereocenters. The van der Waals surface area contributed by atoms with Crippen LogP contribution in [0.25, 0.3) is 0 Å². The minimum atomic E-state index is -0.212. The zero-order chi connectivity index (χ0) is 10.5. The van der Waals surface area contributed by atoms with Crippen molar-refractivity contribution in [3.05, 3.63) is 48.2 Å². The van der Waals surface area contributed by atoms with Crippen molar-refractivity contribution in [1.29, 1.82) is 0 Å². The van der Waals surface area contributed by atoms with E-state index < -0.39 is 0 Å². The van der Waals surface area contributed by atoms with E-state index in [4.69, 9.17) is 0 Å². The van der Waals surface area contributed by atoms with Gasteiger partial charge in [0.2, 0.25) is 0 Å². The second-order valence-electron chi connectivity index (χ2n) is 2.83. The number of carbonyl (C=O) groups excluding carboxylic acids is 1. The van der Waals surface area contributed by atoms with Gasteiger partial charge in [0, 0.05) is 11.6 Å². The molecule has 15 heavy (non-hydrogen) atoms. The van der Waals surface area contributed by atoms with E-state index in [9.17, 15) is 4.79 Å². The zero-order valence-corrected chi connectivity index (χ0v) is 7.79. The standard InChI is InChI=1S/C10H8N4O/c15-10(8-4-2-1-3-5-8)12-9-6-7-11-14-13-9/h1-7H,(H,11,12,13,15). The molecule has 2 rings (SSSR count). The highest BCUT2D eigenvalue weighted by Crippen LogP contribution is 2.03. The first kappa shape index (κ1) is 9.26. The molecular formula is C10H8N4O. The monoisotopic (exact) mass is 200 g/mol. The largest absolute Gasteiger partial charge is 0.305 e. The number of hydrogen-bond donors (Lipinski definition) is 1. The molecule has 0 saturated heterocycles. The Labute approximate surface area is 86.2 Å². The number of carbonyl (C=O) groups is 1. The lowest BCUT2D eigenvalue weighted by Gasteiger charge is -2.01. The third-order valence-electron chi connectivity index (χ3n) is 1.78. The Morgan fingerprint density at radius 1 is 1.13 bits per heavy atom. The van der Waals surface area contributed by atoms with Crippen molar-refractivity contribution in [2.24, 2.45) is 0 Å². The molecule has 1 aromatic heterocycles. The van der Waals surface area contributed by atoms with E-state index in [1.54, 1.807) is 30.3 Å². The van der Waals surface area contributed by atoms with Crippen LogP contribution in [0.4, 0.5) is 5.82 Å². The van der Waals surface area contributed by atoms with E-state index in [1.807, 2.05) is 6.07 Å². The summed E-state index contributed by atoms with van der Waals surface area (Å²) in [6.07, 6.45) is 1.47. The maximum Gasteiger partial charge on any atom is 0.256 e. The maximum absolute atomic E-state index is 11.6. The molecule has 5 heteroatoms. The fraction of sp³-hybridized carbons (Fsp3) is 0. The topological polar surface area (TPSA) is 67.8 Å². The third kappa shape index (κ3) is 2.34. The summed E-state index contributed by atoms with van der Waals surface area (Å²) in [6, 6.07) is 10.5. The SMILES string of the molecule is O=C(Nc1ccnnn1)c1ccccc1. The van der Waals surface area contributed by atoms with Crippen LogP contribution in [0.15, 0.2) is 42.6 Å². The second-order valence-corrected chi connectivity index (χ2v) is 2.83. The van der Waals surface area contributed by atoms with Gasteiger partial charge in [-0.15, -0.1) is 10.2 Å². The number of nitrogens with one attached hydrogen (secondary N) is 1. The van der Waals surface area contributed by atoms with Gasteiger partial charge in [0.25, 0.3) is 5.91 Å². The summed E-state index contributed by atoms with van der Waals surface area (Å²) in [5.41, 5.74) is 0.580. The van der Waals surface area contributed by atoms with Gasteiger partial charge >= 0.3 is 0 Å². The Balaban J connectivity index is 2.12. The minimum absolute atomic E-state index is 0.212. The van der Waals surface area contributed by atoms with E-state index in [2.05, 4.69) is 20.7 Å². The Morgan fingerprint density at radius 3 is 2.60 bits per heavy atom. The van der Waals surface area contributed by atoms with Gasteiger partial charge < -0.3 is 5.32 Å². The van der Waals surface area contributed by atoms with Crippen molar-refractivity contribution in [3.63, 3.8) is 0 Å². The van der Waals surface area contributed by atoms with Gasteiger partial charge in [-0.25, -0.2) is 0 Å². The van der Waals surface area contributed by atoms with E-state index >= 15 is 0 Å². The Bertz CT molecular complexity index is 443. The quantitative estimate of drug-likeness (QED) is 0.788. The molecule has 0 aliphatic heterocycles. The molecule has 0 bridgehead atoms. The number of anilines is 1. The van der Waals surface area contributed by atoms with Gasteiger partial charge in [-0.1, -0.05) is 18.2 Å². The summed E-state index contributed by atoms with van der Waals surface area (Å²) in [5, 5.41) is 13.2. The van der Waals surface area contributed by atoms with Crippen molar-refractivity contribution in [2.75, 3.05) is 5.32 Å². The molecule has 0 atom stereocenters. The molecule has 1 amide bonds. The molecule has 1 aromatic carbocycles. The summed E-state index contributed by atoms with van der Waals surface area (Å²) in [7, 11) is 0.